The first-order chi connectivity index (χ1) is 7.41. The third-order valence-corrected chi connectivity index (χ3v) is 3.55. The van der Waals surface area contributed by atoms with E-state index in [2.05, 4.69) is 44.0 Å². The second-order valence-electron chi connectivity index (χ2n) is 3.90. The summed E-state index contributed by atoms with van der Waals surface area (Å²) in [5.41, 5.74) is 0. The smallest absolute Gasteiger partial charge is 0.00313 e. The summed E-state index contributed by atoms with van der Waals surface area (Å²) in [5, 5.41) is 2.32. The van der Waals surface area contributed by atoms with Gasteiger partial charge in [-0.05, 0) is 38.5 Å². The van der Waals surface area contributed by atoms with Crippen LogP contribution in [0.25, 0.3) is 0 Å². The van der Waals surface area contributed by atoms with E-state index < -0.39 is 0 Å². The van der Waals surface area contributed by atoms with Crippen LogP contribution >= 0.6 is 31.9 Å². The molecule has 0 aromatic rings. The Balaban J connectivity index is 2.97. The monoisotopic (exact) mass is 338 g/mol. The van der Waals surface area contributed by atoms with Gasteiger partial charge in [-0.2, -0.15) is 0 Å². The largest absolute Gasteiger partial charge is 0.0928 e. The first-order valence-corrected chi connectivity index (χ1v) is 8.43. The summed E-state index contributed by atoms with van der Waals surface area (Å²) in [4.78, 5) is 0. The van der Waals surface area contributed by atoms with Gasteiger partial charge in [-0.3, -0.25) is 0 Å². The minimum atomic E-state index is 1.16. The number of unbranched alkanes of at least 4 members (excludes halogenated alkanes) is 7. The Kier molecular flexibility index (Phi) is 15.4. The van der Waals surface area contributed by atoms with Crippen molar-refractivity contribution in [1.82, 2.24) is 0 Å². The average molecular weight is 340 g/mol. The first kappa shape index (κ1) is 15.7. The summed E-state index contributed by atoms with van der Waals surface area (Å²) in [5.74, 6) is 0. The van der Waals surface area contributed by atoms with Crippen LogP contribution in [0, 0.1) is 0 Å². The molecule has 0 unspecified atom stereocenters. The van der Waals surface area contributed by atoms with Crippen molar-refractivity contribution in [3.8, 4) is 0 Å². The molecule has 0 radical (unpaired) electrons. The van der Waals surface area contributed by atoms with E-state index >= 15 is 0 Å². The van der Waals surface area contributed by atoms with Crippen molar-refractivity contribution in [2.45, 2.75) is 57.8 Å². The SMILES string of the molecule is BrCCCCCC=CCCCCCCBr. The predicted octanol–water partition coefficient (Wildman–Crippen LogP) is 5.84. The number of hydrogen-bond donors (Lipinski definition) is 0. The standard InChI is InChI=1S/C13H24Br2/c14-12-10-8-6-4-2-1-3-5-7-9-11-13-15/h1-2H,3-13H2. The third-order valence-electron chi connectivity index (χ3n) is 2.43. The zero-order valence-electron chi connectivity index (χ0n) is 9.69. The molecule has 0 fully saturated rings. The molecule has 2 heteroatoms. The molecule has 0 aliphatic heterocycles. The Labute approximate surface area is 112 Å². The maximum atomic E-state index is 3.46. The molecule has 0 spiro atoms. The summed E-state index contributed by atoms with van der Waals surface area (Å²) in [7, 11) is 0. The molecule has 0 N–H and O–H groups in total. The normalized spacial score (nSPS) is 11.3. The fraction of sp³-hybridized carbons (Fsp3) is 0.846. The molecule has 0 heterocycles. The van der Waals surface area contributed by atoms with Gasteiger partial charge in [0.05, 0.1) is 0 Å². The van der Waals surface area contributed by atoms with Gasteiger partial charge >= 0.3 is 0 Å². The molecular formula is C13H24Br2. The molecule has 0 aromatic heterocycles. The van der Waals surface area contributed by atoms with E-state index in [0.717, 1.165) is 10.7 Å². The Morgan fingerprint density at radius 2 is 0.933 bits per heavy atom. The summed E-state index contributed by atoms with van der Waals surface area (Å²) in [6.07, 6.45) is 16.8. The number of rotatable bonds is 11. The van der Waals surface area contributed by atoms with E-state index in [4.69, 9.17) is 0 Å². The van der Waals surface area contributed by atoms with Crippen molar-refractivity contribution >= 4 is 31.9 Å². The Hall–Kier alpha value is 0.700. The highest BCUT2D eigenvalue weighted by molar-refractivity contribution is 9.09. The highest BCUT2D eigenvalue weighted by Gasteiger charge is 1.87. The van der Waals surface area contributed by atoms with Crippen molar-refractivity contribution < 1.29 is 0 Å². The van der Waals surface area contributed by atoms with E-state index in [9.17, 15) is 0 Å². The minimum absolute atomic E-state index is 1.16. The van der Waals surface area contributed by atoms with Gasteiger partial charge < -0.3 is 0 Å². The van der Waals surface area contributed by atoms with Gasteiger partial charge in [0.25, 0.3) is 0 Å². The second kappa shape index (κ2) is 14.7. The number of alkyl halides is 2. The lowest BCUT2D eigenvalue weighted by Gasteiger charge is -1.96. The molecule has 0 aliphatic rings. The Bertz CT molecular complexity index is 132. The highest BCUT2D eigenvalue weighted by atomic mass is 79.9. The lowest BCUT2D eigenvalue weighted by atomic mass is 10.1. The van der Waals surface area contributed by atoms with Gasteiger partial charge in [0.15, 0.2) is 0 Å². The van der Waals surface area contributed by atoms with Crippen LogP contribution in [0.5, 0.6) is 0 Å². The maximum Gasteiger partial charge on any atom is 0.00313 e. The zero-order valence-corrected chi connectivity index (χ0v) is 12.9. The van der Waals surface area contributed by atoms with Crippen LogP contribution in [0.1, 0.15) is 57.8 Å². The van der Waals surface area contributed by atoms with E-state index in [1.165, 1.54) is 57.8 Å². The van der Waals surface area contributed by atoms with Crippen molar-refractivity contribution in [3.63, 3.8) is 0 Å². The van der Waals surface area contributed by atoms with Crippen LogP contribution in [-0.4, -0.2) is 10.7 Å². The molecule has 0 bridgehead atoms. The van der Waals surface area contributed by atoms with Crippen LogP contribution in [0.3, 0.4) is 0 Å². The topological polar surface area (TPSA) is 0 Å². The van der Waals surface area contributed by atoms with Gasteiger partial charge in [-0.15, -0.1) is 0 Å². The van der Waals surface area contributed by atoms with E-state index in [-0.39, 0.29) is 0 Å². The second-order valence-corrected chi connectivity index (χ2v) is 5.49. The van der Waals surface area contributed by atoms with Crippen molar-refractivity contribution in [3.05, 3.63) is 12.2 Å². The Morgan fingerprint density at radius 3 is 1.40 bits per heavy atom. The fourth-order valence-electron chi connectivity index (χ4n) is 1.48. The first-order valence-electron chi connectivity index (χ1n) is 6.18. The quantitative estimate of drug-likeness (QED) is 0.252. The lowest BCUT2D eigenvalue weighted by Crippen LogP contribution is -1.78. The van der Waals surface area contributed by atoms with Gasteiger partial charge in [0, 0.05) is 10.7 Å². The fourth-order valence-corrected chi connectivity index (χ4v) is 2.27. The van der Waals surface area contributed by atoms with Crippen LogP contribution in [0.15, 0.2) is 12.2 Å². The molecule has 0 nitrogen and oxygen atoms in total. The van der Waals surface area contributed by atoms with Gasteiger partial charge in [0.1, 0.15) is 0 Å². The number of hydrogen-bond acceptors (Lipinski definition) is 0. The maximum absolute atomic E-state index is 3.46. The van der Waals surface area contributed by atoms with E-state index in [1.54, 1.807) is 0 Å². The highest BCUT2D eigenvalue weighted by Crippen LogP contribution is 2.06. The molecule has 15 heavy (non-hydrogen) atoms. The summed E-state index contributed by atoms with van der Waals surface area (Å²) >= 11 is 6.91. The summed E-state index contributed by atoms with van der Waals surface area (Å²) in [6.45, 7) is 0. The molecule has 0 amide bonds. The van der Waals surface area contributed by atoms with Crippen LogP contribution in [0.4, 0.5) is 0 Å². The van der Waals surface area contributed by atoms with Crippen LogP contribution < -0.4 is 0 Å². The molecule has 0 rings (SSSR count). The van der Waals surface area contributed by atoms with Gasteiger partial charge in [-0.25, -0.2) is 0 Å². The van der Waals surface area contributed by atoms with Crippen molar-refractivity contribution in [2.75, 3.05) is 10.7 Å². The third kappa shape index (κ3) is 14.7. The Morgan fingerprint density at radius 1 is 0.533 bits per heavy atom. The van der Waals surface area contributed by atoms with Crippen molar-refractivity contribution in [1.29, 1.82) is 0 Å². The lowest BCUT2D eigenvalue weighted by molar-refractivity contribution is 0.677. The molecule has 0 saturated carbocycles. The van der Waals surface area contributed by atoms with Gasteiger partial charge in [0.2, 0.25) is 0 Å². The molecule has 0 aliphatic carbocycles. The molecule has 0 atom stereocenters. The number of halogens is 2. The van der Waals surface area contributed by atoms with E-state index in [1.807, 2.05) is 0 Å². The number of allylic oxidation sites excluding steroid dienone is 2. The van der Waals surface area contributed by atoms with Crippen LogP contribution in [-0.2, 0) is 0 Å². The van der Waals surface area contributed by atoms with Gasteiger partial charge in [-0.1, -0.05) is 63.3 Å². The predicted molar refractivity (Wildman–Crippen MR) is 78.3 cm³/mol. The molecular weight excluding hydrogens is 316 g/mol. The van der Waals surface area contributed by atoms with Crippen molar-refractivity contribution in [2.24, 2.45) is 0 Å². The zero-order chi connectivity index (χ0) is 11.2. The summed E-state index contributed by atoms with van der Waals surface area (Å²) < 4.78 is 0. The molecule has 0 aromatic carbocycles. The molecule has 90 valence electrons. The van der Waals surface area contributed by atoms with E-state index in [0.29, 0.717) is 0 Å². The molecule has 0 saturated heterocycles. The average Bonchev–Trinajstić information content (AvgIpc) is 2.26. The minimum Gasteiger partial charge on any atom is -0.0928 e. The summed E-state index contributed by atoms with van der Waals surface area (Å²) in [6, 6.07) is 0. The van der Waals surface area contributed by atoms with Crippen LogP contribution in [0.2, 0.25) is 0 Å².